The first-order valence-electron chi connectivity index (χ1n) is 10.6. The highest BCUT2D eigenvalue weighted by atomic mass is 19.4. The summed E-state index contributed by atoms with van der Waals surface area (Å²) in [5.74, 6) is -0.793. The molecule has 9 nitrogen and oxygen atoms in total. The van der Waals surface area contributed by atoms with Crippen LogP contribution in [0, 0.1) is 0 Å². The van der Waals surface area contributed by atoms with Crippen molar-refractivity contribution < 1.29 is 41.3 Å². The molecule has 0 aromatic carbocycles. The molecule has 4 heterocycles. The molecule has 2 aromatic rings. The van der Waals surface area contributed by atoms with E-state index in [2.05, 4.69) is 26.2 Å². The van der Waals surface area contributed by atoms with Crippen molar-refractivity contribution in [2.24, 2.45) is 0 Å². The molecule has 14 heteroatoms. The Hall–Kier alpha value is -3.26. The molecule has 35 heavy (non-hydrogen) atoms. The summed E-state index contributed by atoms with van der Waals surface area (Å²) in [4.78, 5) is 22.1. The average molecular weight is 505 g/mol. The number of halogens is 5. The highest BCUT2D eigenvalue weighted by Crippen LogP contribution is 2.28. The molecule has 0 amide bonds. The summed E-state index contributed by atoms with van der Waals surface area (Å²) in [6.07, 6.45) is -6.43. The van der Waals surface area contributed by atoms with Gasteiger partial charge in [0.05, 0.1) is 26.4 Å². The molecule has 2 fully saturated rings. The first-order valence-corrected chi connectivity index (χ1v) is 10.6. The molecule has 2 aliphatic heterocycles. The number of nitrogens with one attached hydrogen (secondary N) is 1. The number of morpholine rings is 2. The van der Waals surface area contributed by atoms with E-state index in [0.29, 0.717) is 38.1 Å². The summed E-state index contributed by atoms with van der Waals surface area (Å²) in [6.45, 7) is 5.90. The number of nitrogens with zero attached hydrogens (tertiary/aromatic N) is 4. The molecule has 0 radical (unpaired) electrons. The second-order valence-corrected chi connectivity index (χ2v) is 7.47. The number of rotatable bonds is 5. The molecule has 0 aliphatic carbocycles. The fraction of sp³-hybridized carbons (Fsp3) is 0.476. The summed E-state index contributed by atoms with van der Waals surface area (Å²) in [5, 5.41) is 10.3. The summed E-state index contributed by atoms with van der Waals surface area (Å²) < 4.78 is 68.1. The zero-order chi connectivity index (χ0) is 25.4. The normalized spacial score (nSPS) is 16.5. The van der Waals surface area contributed by atoms with Gasteiger partial charge in [0.25, 0.3) is 6.43 Å². The number of carbonyl (C=O) groups is 1. The Morgan fingerprint density at radius 3 is 2.03 bits per heavy atom. The number of alkyl halides is 5. The van der Waals surface area contributed by atoms with Crippen molar-refractivity contribution >= 4 is 29.1 Å². The molecule has 2 saturated heterocycles. The smallest absolute Gasteiger partial charge is 0.475 e. The van der Waals surface area contributed by atoms with Gasteiger partial charge in [-0.15, -0.1) is 0 Å². The predicted octanol–water partition coefficient (Wildman–Crippen LogP) is 3.46. The minimum absolute atomic E-state index is 0.102. The van der Waals surface area contributed by atoms with Crippen LogP contribution in [-0.4, -0.2) is 79.8 Å². The van der Waals surface area contributed by atoms with E-state index in [1.165, 1.54) is 12.3 Å². The third-order valence-corrected chi connectivity index (χ3v) is 5.04. The highest BCUT2D eigenvalue weighted by Gasteiger charge is 2.38. The SMILES string of the molecule is FC(F)c1ccc(Nc2cc(N3CCOCC3)cc(N3CCOCC3)n2)nc1.O=C(O)C(F)(F)F. The number of hydrogen-bond acceptors (Lipinski definition) is 8. The van der Waals surface area contributed by atoms with Crippen molar-refractivity contribution in [2.45, 2.75) is 12.6 Å². The van der Waals surface area contributed by atoms with Crippen LogP contribution in [0.1, 0.15) is 12.0 Å². The molecule has 2 aliphatic rings. The van der Waals surface area contributed by atoms with Gasteiger partial charge < -0.3 is 29.7 Å². The molecule has 0 bridgehead atoms. The highest BCUT2D eigenvalue weighted by molar-refractivity contribution is 5.73. The van der Waals surface area contributed by atoms with E-state index in [0.717, 1.165) is 37.7 Å². The van der Waals surface area contributed by atoms with Gasteiger partial charge in [-0.25, -0.2) is 23.5 Å². The van der Waals surface area contributed by atoms with Crippen molar-refractivity contribution in [3.8, 4) is 0 Å². The van der Waals surface area contributed by atoms with Gasteiger partial charge in [0.15, 0.2) is 0 Å². The molecule has 0 atom stereocenters. The van der Waals surface area contributed by atoms with Crippen LogP contribution in [-0.2, 0) is 14.3 Å². The van der Waals surface area contributed by atoms with Crippen LogP contribution in [0.2, 0.25) is 0 Å². The van der Waals surface area contributed by atoms with Crippen molar-refractivity contribution in [3.63, 3.8) is 0 Å². The largest absolute Gasteiger partial charge is 0.490 e. The summed E-state index contributed by atoms with van der Waals surface area (Å²) in [7, 11) is 0. The first kappa shape index (κ1) is 26.3. The first-order chi connectivity index (χ1) is 16.6. The number of aliphatic carboxylic acids is 1. The molecule has 0 unspecified atom stereocenters. The maximum Gasteiger partial charge on any atom is 0.490 e. The van der Waals surface area contributed by atoms with E-state index < -0.39 is 18.6 Å². The molecule has 2 aromatic heterocycles. The maximum atomic E-state index is 12.7. The maximum absolute atomic E-state index is 12.7. The number of ether oxygens (including phenoxy) is 2. The standard InChI is InChI=1S/C19H23F2N5O2.C2HF3O2/c20-19(21)14-1-2-16(22-13-14)23-17-11-15(25-3-7-27-8-4-25)12-18(24-17)26-5-9-28-10-6-26;3-2(4,5)1(6)7/h1-2,11-13,19H,3-10H2,(H,22,23,24);(H,6,7). The van der Waals surface area contributed by atoms with Crippen LogP contribution >= 0.6 is 0 Å². The minimum atomic E-state index is -5.08. The Morgan fingerprint density at radius 1 is 0.971 bits per heavy atom. The minimum Gasteiger partial charge on any atom is -0.475 e. The molecule has 0 saturated carbocycles. The van der Waals surface area contributed by atoms with Crippen LogP contribution in [0.25, 0.3) is 0 Å². The van der Waals surface area contributed by atoms with Crippen molar-refractivity contribution in [1.82, 2.24) is 9.97 Å². The van der Waals surface area contributed by atoms with Gasteiger partial charge in [0, 0.05) is 55.8 Å². The molecule has 192 valence electrons. The Morgan fingerprint density at radius 2 is 1.54 bits per heavy atom. The number of carboxylic acid groups (broad SMARTS) is 1. The zero-order valence-corrected chi connectivity index (χ0v) is 18.5. The van der Waals surface area contributed by atoms with Gasteiger partial charge in [-0.1, -0.05) is 0 Å². The number of anilines is 4. The van der Waals surface area contributed by atoms with Gasteiger partial charge in [0.2, 0.25) is 0 Å². The van der Waals surface area contributed by atoms with E-state index in [4.69, 9.17) is 24.4 Å². The molecular weight excluding hydrogens is 481 g/mol. The number of aromatic nitrogens is 2. The van der Waals surface area contributed by atoms with Crippen LogP contribution in [0.3, 0.4) is 0 Å². The molecule has 4 rings (SSSR count). The molecule has 2 N–H and O–H groups in total. The number of pyridine rings is 2. The topological polar surface area (TPSA) is 100 Å². The number of carboxylic acids is 1. The third kappa shape index (κ3) is 7.89. The second-order valence-electron chi connectivity index (χ2n) is 7.47. The van der Waals surface area contributed by atoms with Gasteiger partial charge in [-0.2, -0.15) is 13.2 Å². The third-order valence-electron chi connectivity index (χ3n) is 5.04. The second kappa shape index (κ2) is 11.9. The Bertz CT molecular complexity index is 929. The van der Waals surface area contributed by atoms with Gasteiger partial charge >= 0.3 is 12.1 Å². The fourth-order valence-electron chi connectivity index (χ4n) is 3.26. The van der Waals surface area contributed by atoms with Gasteiger partial charge in [-0.05, 0) is 12.1 Å². The van der Waals surface area contributed by atoms with Gasteiger partial charge in [-0.3, -0.25) is 0 Å². The Balaban J connectivity index is 0.000000429. The van der Waals surface area contributed by atoms with Crippen molar-refractivity contribution in [3.05, 3.63) is 36.0 Å². The lowest BCUT2D eigenvalue weighted by Gasteiger charge is -2.32. The van der Waals surface area contributed by atoms with Crippen LogP contribution in [0.5, 0.6) is 0 Å². The van der Waals surface area contributed by atoms with E-state index in [1.54, 1.807) is 6.07 Å². The van der Waals surface area contributed by atoms with E-state index in [9.17, 15) is 22.0 Å². The van der Waals surface area contributed by atoms with Crippen molar-refractivity contribution in [1.29, 1.82) is 0 Å². The zero-order valence-electron chi connectivity index (χ0n) is 18.5. The monoisotopic (exact) mass is 505 g/mol. The lowest BCUT2D eigenvalue weighted by atomic mass is 10.2. The number of hydrogen-bond donors (Lipinski definition) is 2. The molecular formula is C21H24F5N5O4. The lowest BCUT2D eigenvalue weighted by molar-refractivity contribution is -0.192. The van der Waals surface area contributed by atoms with Crippen molar-refractivity contribution in [2.75, 3.05) is 67.7 Å². The van der Waals surface area contributed by atoms with Crippen LogP contribution in [0.15, 0.2) is 30.5 Å². The summed E-state index contributed by atoms with van der Waals surface area (Å²) >= 11 is 0. The fourth-order valence-corrected chi connectivity index (χ4v) is 3.26. The summed E-state index contributed by atoms with van der Waals surface area (Å²) in [6, 6.07) is 6.95. The average Bonchev–Trinajstić information content (AvgIpc) is 2.85. The van der Waals surface area contributed by atoms with E-state index in [-0.39, 0.29) is 5.56 Å². The molecule has 0 spiro atoms. The van der Waals surface area contributed by atoms with E-state index >= 15 is 0 Å². The lowest BCUT2D eigenvalue weighted by Crippen LogP contribution is -2.38. The van der Waals surface area contributed by atoms with E-state index in [1.807, 2.05) is 6.07 Å². The Kier molecular flexibility index (Phi) is 8.98. The van der Waals surface area contributed by atoms with Gasteiger partial charge in [0.1, 0.15) is 17.5 Å². The van der Waals surface area contributed by atoms with Crippen LogP contribution < -0.4 is 15.1 Å². The quantitative estimate of drug-likeness (QED) is 0.592. The van der Waals surface area contributed by atoms with Crippen LogP contribution in [0.4, 0.5) is 45.1 Å². The predicted molar refractivity (Wildman–Crippen MR) is 116 cm³/mol. The Labute approximate surface area is 197 Å². The summed E-state index contributed by atoms with van der Waals surface area (Å²) in [5.41, 5.74) is 0.945.